The van der Waals surface area contributed by atoms with Crippen LogP contribution >= 0.6 is 0 Å². The number of hydrogen-bond acceptors (Lipinski definition) is 22. The average molecular weight is 1760 g/mol. The summed E-state index contributed by atoms with van der Waals surface area (Å²) in [5, 5.41) is 103. The first-order chi connectivity index (χ1) is 58.5. The monoisotopic (exact) mass is 1760 g/mol. The number of benzene rings is 3. The van der Waals surface area contributed by atoms with Crippen molar-refractivity contribution in [2.24, 2.45) is 41.2 Å². The highest BCUT2D eigenvalue weighted by atomic mass is 16.4. The van der Waals surface area contributed by atoms with Crippen LogP contribution in [0.25, 0.3) is 0 Å². The molecule has 4 rings (SSSR count). The van der Waals surface area contributed by atoms with Crippen LogP contribution in [0, 0.1) is 35.5 Å². The lowest BCUT2D eigenvalue weighted by molar-refractivity contribution is -0.145. The highest BCUT2D eigenvalue weighted by Crippen LogP contribution is 2.23. The number of aromatic hydroxyl groups is 2. The van der Waals surface area contributed by atoms with E-state index in [2.05, 4.69) is 69.1 Å². The minimum absolute atomic E-state index is 0.0218. The quantitative estimate of drug-likeness (QED) is 0.0337. The molecule has 1 heterocycles. The van der Waals surface area contributed by atoms with Crippen LogP contribution in [0.3, 0.4) is 0 Å². The Kier molecular flexibility index (Phi) is 42.9. The first-order valence-corrected chi connectivity index (χ1v) is 42.2. The van der Waals surface area contributed by atoms with Gasteiger partial charge in [-0.2, -0.15) is 0 Å². The highest BCUT2D eigenvalue weighted by molar-refractivity contribution is 6.01. The van der Waals surface area contributed by atoms with E-state index in [4.69, 9.17) is 5.73 Å². The third-order valence-electron chi connectivity index (χ3n) is 21.1. The lowest BCUT2D eigenvalue weighted by atomic mass is 9.97. The van der Waals surface area contributed by atoms with Gasteiger partial charge in [-0.15, -0.1) is 0 Å². The van der Waals surface area contributed by atoms with Gasteiger partial charge in [0.1, 0.15) is 96.1 Å². The number of phenolic OH excluding ortho intramolecular Hbond substituents is 2. The Morgan fingerprint density at radius 2 is 0.712 bits per heavy atom. The first-order valence-electron chi connectivity index (χ1n) is 42.2. The van der Waals surface area contributed by atoms with Crippen LogP contribution in [0.4, 0.5) is 0 Å². The number of hydrogen-bond donors (Lipinski definition) is 21. The summed E-state index contributed by atoms with van der Waals surface area (Å²) >= 11 is 0. The number of aliphatic hydroxyl groups excluding tert-OH is 2. The normalized spacial score (nSPS) is 16.7. The summed E-state index contributed by atoms with van der Waals surface area (Å²) in [4.78, 5) is 238. The fraction of sp³-hybridized carbons (Fsp3) is 0.593. The molecule has 1 aliphatic rings. The van der Waals surface area contributed by atoms with Crippen LogP contribution in [-0.2, 0) is 101 Å². The van der Waals surface area contributed by atoms with Gasteiger partial charge >= 0.3 is 17.9 Å². The molecule has 0 spiro atoms. The number of carbonyl (C=O) groups is 17. The van der Waals surface area contributed by atoms with Gasteiger partial charge in [0.05, 0.1) is 12.2 Å². The molecule has 125 heavy (non-hydrogen) atoms. The van der Waals surface area contributed by atoms with Crippen LogP contribution < -0.4 is 74.9 Å². The van der Waals surface area contributed by atoms with Crippen molar-refractivity contribution in [1.29, 1.82) is 0 Å². The number of nitrogens with zero attached hydrogens (tertiary/aromatic N) is 1. The smallest absolute Gasteiger partial charge is 0.328 e. The van der Waals surface area contributed by atoms with E-state index in [1.807, 2.05) is 0 Å². The number of carboxylic acids is 3. The van der Waals surface area contributed by atoms with Crippen LogP contribution in [-0.4, -0.2) is 251 Å². The molecule has 3 aromatic carbocycles. The second-order valence-corrected chi connectivity index (χ2v) is 33.8. The Balaban J connectivity index is 1.56. The second-order valence-electron chi connectivity index (χ2n) is 33.8. The maximum atomic E-state index is 14.9. The van der Waals surface area contributed by atoms with E-state index in [0.29, 0.717) is 23.1 Å². The van der Waals surface area contributed by atoms with Crippen molar-refractivity contribution in [2.75, 3.05) is 6.54 Å². The highest BCUT2D eigenvalue weighted by Gasteiger charge is 2.43. The molecule has 18 atom stereocenters. The molecule has 0 bridgehead atoms. The molecule has 39 nitrogen and oxygen atoms in total. The van der Waals surface area contributed by atoms with E-state index >= 15 is 0 Å². The van der Waals surface area contributed by atoms with Crippen molar-refractivity contribution in [3.05, 3.63) is 95.6 Å². The molecule has 0 unspecified atom stereocenters. The zero-order valence-electron chi connectivity index (χ0n) is 73.6. The van der Waals surface area contributed by atoms with Crippen molar-refractivity contribution in [3.8, 4) is 11.5 Å². The average Bonchev–Trinajstić information content (AvgIpc) is 1.72. The zero-order valence-corrected chi connectivity index (χ0v) is 73.6. The van der Waals surface area contributed by atoms with E-state index < -0.39 is 253 Å². The maximum Gasteiger partial charge on any atom is 0.328 e. The molecule has 0 radical (unpaired) electrons. The number of aliphatic carboxylic acids is 3. The van der Waals surface area contributed by atoms with Crippen molar-refractivity contribution in [1.82, 2.24) is 74.0 Å². The molecular formula is C86H129N15O24. The summed E-state index contributed by atoms with van der Waals surface area (Å²) in [5.74, 6) is -20.9. The molecule has 0 aliphatic carbocycles. The van der Waals surface area contributed by atoms with Crippen LogP contribution in [0.2, 0.25) is 0 Å². The summed E-state index contributed by atoms with van der Waals surface area (Å²) in [7, 11) is 0. The number of phenols is 2. The van der Waals surface area contributed by atoms with Gasteiger partial charge in [0.15, 0.2) is 6.04 Å². The molecule has 22 N–H and O–H groups in total. The van der Waals surface area contributed by atoms with Crippen molar-refractivity contribution >= 4 is 101 Å². The molecule has 0 aromatic heterocycles. The van der Waals surface area contributed by atoms with E-state index in [1.165, 1.54) is 81.1 Å². The van der Waals surface area contributed by atoms with Gasteiger partial charge in [-0.1, -0.05) is 144 Å². The van der Waals surface area contributed by atoms with Crippen LogP contribution in [0.15, 0.2) is 78.9 Å². The summed E-state index contributed by atoms with van der Waals surface area (Å²) in [6.45, 7) is 23.5. The largest absolute Gasteiger partial charge is 0.508 e. The van der Waals surface area contributed by atoms with Crippen LogP contribution in [0.5, 0.6) is 11.5 Å². The number of carboxylic acid groups (broad SMARTS) is 3. The molecule has 1 fully saturated rings. The first kappa shape index (κ1) is 105. The zero-order chi connectivity index (χ0) is 94.1. The van der Waals surface area contributed by atoms with Crippen molar-refractivity contribution in [3.63, 3.8) is 0 Å². The van der Waals surface area contributed by atoms with Crippen molar-refractivity contribution in [2.45, 2.75) is 284 Å². The van der Waals surface area contributed by atoms with Gasteiger partial charge in [0.25, 0.3) is 0 Å². The number of rotatable bonds is 51. The van der Waals surface area contributed by atoms with Gasteiger partial charge in [-0.05, 0) is 136 Å². The Hall–Kier alpha value is -11.9. The van der Waals surface area contributed by atoms with Gasteiger partial charge < -0.3 is 115 Å². The van der Waals surface area contributed by atoms with Gasteiger partial charge in [0, 0.05) is 38.6 Å². The lowest BCUT2D eigenvalue weighted by Crippen LogP contribution is -2.62. The number of likely N-dealkylation sites (tertiary alicyclic amines) is 1. The molecular weight excluding hydrogens is 1630 g/mol. The molecule has 1 aliphatic heterocycles. The number of nitrogens with two attached hydrogens (primary N) is 1. The second kappa shape index (κ2) is 50.8. The molecule has 3 aromatic rings. The topological polar surface area (TPSA) is 617 Å². The molecule has 14 amide bonds. The Labute approximate surface area is 727 Å². The van der Waals surface area contributed by atoms with E-state index in [9.17, 15) is 117 Å². The predicted octanol–water partition coefficient (Wildman–Crippen LogP) is -0.552. The number of amides is 14. The molecule has 1 saturated heterocycles. The van der Waals surface area contributed by atoms with Gasteiger partial charge in [0.2, 0.25) is 82.7 Å². The Morgan fingerprint density at radius 3 is 1.10 bits per heavy atom. The minimum Gasteiger partial charge on any atom is -0.508 e. The van der Waals surface area contributed by atoms with E-state index in [-0.39, 0.29) is 74.8 Å². The number of carbonyl (C=O) groups excluding carboxylic acids is 14. The minimum atomic E-state index is -1.78. The fourth-order valence-corrected chi connectivity index (χ4v) is 13.7. The molecule has 39 heteroatoms. The third kappa shape index (κ3) is 34.6. The molecule has 0 saturated carbocycles. The standard InChI is InChI=1S/C86H129N15O24/c1-16-47(12)70(99-73(111)57(33-35-65(108)109)90-76(114)60(93-80(118)66(87)49(14)102)40-52-24-28-54(104)29-25-52)84(122)88-48(13)85(123)101-36-20-23-63(101)79(117)98-68(45(8)9)82(120)95-62(39-51-21-18-17-19-22-51)78(116)96-67(44(6)7)81(119)94-59(38-43(4)5)75(113)91-58(37-42(2)3)74(112)89-56(32-34-64(106)107)72(110)92-61(41-53-26-30-55(105)31-27-53)77(115)97-69(46(10)11)83(121)100-71(50(15)103)86(124)125/h17-19,21-22,24-31,42-50,56-63,66-71,102-105H,16,20,23,32-41,87H2,1-15H3,(H,88,122)(H,89,112)(H,90,114)(H,91,113)(H,92,110)(H,93,118)(H,94,119)(H,95,120)(H,96,116)(H,97,115)(H,98,117)(H,99,111)(H,100,121)(H,106,107)(H,108,109)(H,124,125)/t47-,48-,49+,50+,56-,57-,58-,59-,60-,61-,62-,63-,66-,67-,68-,69-,70-,71-/m0/s1. The van der Waals surface area contributed by atoms with E-state index in [0.717, 1.165) is 6.92 Å². The number of aliphatic hydroxyl groups is 2. The van der Waals surface area contributed by atoms with Gasteiger partial charge in [-0.3, -0.25) is 76.7 Å². The number of nitrogens with one attached hydrogen (secondary N) is 13. The Morgan fingerprint density at radius 1 is 0.384 bits per heavy atom. The summed E-state index contributed by atoms with van der Waals surface area (Å²) in [5.41, 5.74) is 7.21. The maximum absolute atomic E-state index is 14.9. The van der Waals surface area contributed by atoms with Gasteiger partial charge in [-0.25, -0.2) is 4.79 Å². The Bertz CT molecular complexity index is 4190. The summed E-state index contributed by atoms with van der Waals surface area (Å²) < 4.78 is 0. The fourth-order valence-electron chi connectivity index (χ4n) is 13.7. The lowest BCUT2D eigenvalue weighted by Gasteiger charge is -2.32. The SMILES string of the molecule is CC[C@H](C)[C@H](NC(=O)[C@H](CCC(=O)O)NC(=O)[C@H](Cc1ccc(O)cc1)NC(=O)[C@@H](N)[C@@H](C)O)C(=O)N[C@@H](C)C(=O)N1CCC[C@H]1C(=O)N[C@H](C(=O)N[C@@H](Cc1ccccc1)C(=O)N[C@H](C(=O)N[C@@H](CC(C)C)C(=O)N[C@@H](CC(C)C)C(=O)N[C@@H](CCC(=O)O)C(=O)N[C@@H](Cc1ccc(O)cc1)C(=O)N[C@H](C(=O)N[C@H](C(=O)O)[C@@H](C)O)C(C)C)C(C)C)C(C)C. The molecule has 692 valence electrons. The van der Waals surface area contributed by atoms with E-state index in [1.54, 1.807) is 99.6 Å². The van der Waals surface area contributed by atoms with Crippen molar-refractivity contribution < 1.29 is 117 Å². The summed E-state index contributed by atoms with van der Waals surface area (Å²) in [6.07, 6.45) is -5.52. The predicted molar refractivity (Wildman–Crippen MR) is 455 cm³/mol. The van der Waals surface area contributed by atoms with Crippen LogP contribution in [0.1, 0.15) is 178 Å². The third-order valence-corrected chi connectivity index (χ3v) is 21.1. The summed E-state index contributed by atoms with van der Waals surface area (Å²) in [6, 6.07) is -2.78.